The van der Waals surface area contributed by atoms with Gasteiger partial charge in [-0.05, 0) is 25.0 Å². The standard InChI is InChI=1S/C15H20N2O4S/c1-11-3-4-13(16-7-11)14(18)17-9-15(10-17)12(8-21-2)5-6-22(15,19)20/h3-4,7,12H,5-6,8-10H2,1-2H3/t12-/m1/s1. The molecule has 0 radical (unpaired) electrons. The van der Waals surface area contributed by atoms with Gasteiger partial charge in [0.2, 0.25) is 0 Å². The van der Waals surface area contributed by atoms with Gasteiger partial charge in [-0.25, -0.2) is 8.42 Å². The molecule has 1 atom stereocenters. The highest BCUT2D eigenvalue weighted by Gasteiger charge is 2.62. The molecule has 0 bridgehead atoms. The molecule has 1 spiro atoms. The first kappa shape index (κ1) is 15.4. The number of ether oxygens (including phenoxy) is 1. The fraction of sp³-hybridized carbons (Fsp3) is 0.600. The van der Waals surface area contributed by atoms with Crippen molar-refractivity contribution in [2.45, 2.75) is 18.1 Å². The minimum absolute atomic E-state index is 0.0301. The number of rotatable bonds is 3. The molecule has 2 saturated heterocycles. The van der Waals surface area contributed by atoms with E-state index in [4.69, 9.17) is 4.74 Å². The summed E-state index contributed by atoms with van der Waals surface area (Å²) >= 11 is 0. The molecule has 2 fully saturated rings. The van der Waals surface area contributed by atoms with Crippen molar-refractivity contribution in [1.82, 2.24) is 9.88 Å². The summed E-state index contributed by atoms with van der Waals surface area (Å²) in [5.41, 5.74) is 1.34. The quantitative estimate of drug-likeness (QED) is 0.816. The highest BCUT2D eigenvalue weighted by molar-refractivity contribution is 7.93. The predicted molar refractivity (Wildman–Crippen MR) is 81.4 cm³/mol. The second-order valence-corrected chi connectivity index (χ2v) is 8.66. The molecule has 3 heterocycles. The van der Waals surface area contributed by atoms with Gasteiger partial charge in [0.15, 0.2) is 9.84 Å². The first-order valence-corrected chi connectivity index (χ1v) is 8.98. The Balaban J connectivity index is 1.77. The smallest absolute Gasteiger partial charge is 0.272 e. The van der Waals surface area contributed by atoms with Crippen molar-refractivity contribution in [3.63, 3.8) is 0 Å². The minimum Gasteiger partial charge on any atom is -0.384 e. The van der Waals surface area contributed by atoms with Crippen LogP contribution in [0.2, 0.25) is 0 Å². The van der Waals surface area contributed by atoms with Gasteiger partial charge >= 0.3 is 0 Å². The molecule has 120 valence electrons. The lowest BCUT2D eigenvalue weighted by Crippen LogP contribution is -2.68. The zero-order valence-electron chi connectivity index (χ0n) is 12.8. The molecule has 1 aromatic rings. The van der Waals surface area contributed by atoms with Gasteiger partial charge in [-0.15, -0.1) is 0 Å². The molecular weight excluding hydrogens is 304 g/mol. The Morgan fingerprint density at radius 1 is 1.45 bits per heavy atom. The number of amides is 1. The number of pyridine rings is 1. The summed E-state index contributed by atoms with van der Waals surface area (Å²) in [6.07, 6.45) is 2.25. The van der Waals surface area contributed by atoms with E-state index < -0.39 is 14.6 Å². The zero-order chi connectivity index (χ0) is 16.0. The summed E-state index contributed by atoms with van der Waals surface area (Å²) in [5.74, 6) is -0.0484. The predicted octanol–water partition coefficient (Wildman–Crippen LogP) is 0.666. The van der Waals surface area contributed by atoms with Gasteiger partial charge in [0, 0.05) is 32.3 Å². The van der Waals surface area contributed by atoms with Crippen LogP contribution in [0, 0.1) is 12.8 Å². The molecule has 2 aliphatic rings. The molecule has 0 saturated carbocycles. The van der Waals surface area contributed by atoms with Gasteiger partial charge in [0.05, 0.1) is 12.4 Å². The van der Waals surface area contributed by atoms with Crippen molar-refractivity contribution in [2.75, 3.05) is 32.6 Å². The van der Waals surface area contributed by atoms with Gasteiger partial charge in [0.25, 0.3) is 5.91 Å². The van der Waals surface area contributed by atoms with E-state index in [1.807, 2.05) is 13.0 Å². The van der Waals surface area contributed by atoms with Crippen LogP contribution >= 0.6 is 0 Å². The molecule has 0 N–H and O–H groups in total. The Hall–Kier alpha value is -1.47. The molecular formula is C15H20N2O4S. The molecule has 1 aromatic heterocycles. The third kappa shape index (κ3) is 2.23. The molecule has 1 amide bonds. The van der Waals surface area contributed by atoms with Gasteiger partial charge < -0.3 is 9.64 Å². The SMILES string of the molecule is COC[C@H]1CCS(=O)(=O)C12CN(C(=O)c1ccc(C)cn1)C2. The monoisotopic (exact) mass is 324 g/mol. The number of sulfone groups is 1. The maximum absolute atomic E-state index is 12.4. The number of nitrogens with zero attached hydrogens (tertiary/aromatic N) is 2. The van der Waals surface area contributed by atoms with Crippen LogP contribution in [0.4, 0.5) is 0 Å². The van der Waals surface area contributed by atoms with Crippen molar-refractivity contribution in [1.29, 1.82) is 0 Å². The van der Waals surface area contributed by atoms with Crippen LogP contribution in [0.3, 0.4) is 0 Å². The van der Waals surface area contributed by atoms with Gasteiger partial charge in [-0.3, -0.25) is 9.78 Å². The normalized spacial score (nSPS) is 25.2. The third-order valence-electron chi connectivity index (χ3n) is 4.80. The van der Waals surface area contributed by atoms with E-state index in [2.05, 4.69) is 4.98 Å². The molecule has 7 heteroatoms. The van der Waals surface area contributed by atoms with Crippen LogP contribution in [-0.4, -0.2) is 61.5 Å². The summed E-state index contributed by atoms with van der Waals surface area (Å²) in [6.45, 7) is 2.82. The number of aromatic nitrogens is 1. The van der Waals surface area contributed by atoms with E-state index in [-0.39, 0.29) is 30.7 Å². The highest BCUT2D eigenvalue weighted by atomic mass is 32.2. The summed E-state index contributed by atoms with van der Waals surface area (Å²) in [7, 11) is -1.59. The molecule has 22 heavy (non-hydrogen) atoms. The van der Waals surface area contributed by atoms with Crippen molar-refractivity contribution < 1.29 is 17.9 Å². The van der Waals surface area contributed by atoms with Crippen LogP contribution in [0.25, 0.3) is 0 Å². The fourth-order valence-corrected chi connectivity index (χ4v) is 5.81. The summed E-state index contributed by atoms with van der Waals surface area (Å²) < 4.78 is 29.1. The van der Waals surface area contributed by atoms with Crippen LogP contribution in [0.5, 0.6) is 0 Å². The fourth-order valence-electron chi connectivity index (χ4n) is 3.41. The lowest BCUT2D eigenvalue weighted by molar-refractivity contribution is 0.0332. The van der Waals surface area contributed by atoms with Crippen LogP contribution in [0.15, 0.2) is 18.3 Å². The number of hydrogen-bond donors (Lipinski definition) is 0. The average Bonchev–Trinajstić information content (AvgIpc) is 2.69. The maximum Gasteiger partial charge on any atom is 0.272 e. The average molecular weight is 324 g/mol. The second-order valence-electron chi connectivity index (χ2n) is 6.21. The van der Waals surface area contributed by atoms with Gasteiger partial charge in [-0.1, -0.05) is 6.07 Å². The van der Waals surface area contributed by atoms with E-state index in [9.17, 15) is 13.2 Å². The Kier molecular flexibility index (Phi) is 3.72. The Morgan fingerprint density at radius 2 is 2.18 bits per heavy atom. The molecule has 6 nitrogen and oxygen atoms in total. The molecule has 0 aromatic carbocycles. The van der Waals surface area contributed by atoms with Crippen molar-refractivity contribution in [3.05, 3.63) is 29.6 Å². The Bertz CT molecular complexity index is 678. The van der Waals surface area contributed by atoms with Gasteiger partial charge in [0.1, 0.15) is 10.4 Å². The van der Waals surface area contributed by atoms with Crippen molar-refractivity contribution in [3.8, 4) is 0 Å². The van der Waals surface area contributed by atoms with Crippen LogP contribution < -0.4 is 0 Å². The number of carbonyl (C=O) groups excluding carboxylic acids is 1. The van der Waals surface area contributed by atoms with Crippen molar-refractivity contribution >= 4 is 15.7 Å². The topological polar surface area (TPSA) is 76.6 Å². The number of aryl methyl sites for hydroxylation is 1. The number of carbonyl (C=O) groups is 1. The Morgan fingerprint density at radius 3 is 2.77 bits per heavy atom. The lowest BCUT2D eigenvalue weighted by atomic mass is 9.83. The second kappa shape index (κ2) is 5.31. The lowest BCUT2D eigenvalue weighted by Gasteiger charge is -2.49. The first-order valence-electron chi connectivity index (χ1n) is 7.33. The third-order valence-corrected chi connectivity index (χ3v) is 7.40. The van der Waals surface area contributed by atoms with E-state index in [0.29, 0.717) is 18.7 Å². The zero-order valence-corrected chi connectivity index (χ0v) is 13.6. The molecule has 0 aliphatic carbocycles. The number of hydrogen-bond acceptors (Lipinski definition) is 5. The van der Waals surface area contributed by atoms with E-state index in [0.717, 1.165) is 5.56 Å². The summed E-state index contributed by atoms with van der Waals surface area (Å²) in [6, 6.07) is 3.51. The van der Waals surface area contributed by atoms with E-state index in [1.54, 1.807) is 24.3 Å². The Labute approximate surface area is 130 Å². The minimum atomic E-state index is -3.17. The number of likely N-dealkylation sites (tertiary alicyclic amines) is 1. The van der Waals surface area contributed by atoms with Crippen molar-refractivity contribution in [2.24, 2.45) is 5.92 Å². The van der Waals surface area contributed by atoms with Crippen LogP contribution in [0.1, 0.15) is 22.5 Å². The molecule has 2 aliphatic heterocycles. The number of methoxy groups -OCH3 is 1. The highest BCUT2D eigenvalue weighted by Crippen LogP contribution is 2.45. The first-order chi connectivity index (χ1) is 10.4. The van der Waals surface area contributed by atoms with Gasteiger partial charge in [-0.2, -0.15) is 0 Å². The van der Waals surface area contributed by atoms with E-state index >= 15 is 0 Å². The van der Waals surface area contributed by atoms with E-state index in [1.165, 1.54) is 0 Å². The molecule has 0 unspecified atom stereocenters. The summed E-state index contributed by atoms with van der Waals surface area (Å²) in [5, 5.41) is 0. The largest absolute Gasteiger partial charge is 0.384 e. The maximum atomic E-state index is 12.4. The summed E-state index contributed by atoms with van der Waals surface area (Å²) in [4.78, 5) is 18.1. The van der Waals surface area contributed by atoms with Crippen LogP contribution in [-0.2, 0) is 14.6 Å². The molecule has 3 rings (SSSR count).